The molecule has 0 saturated heterocycles. The summed E-state index contributed by atoms with van der Waals surface area (Å²) in [6, 6.07) is 12.0. The second-order valence-corrected chi connectivity index (χ2v) is 5.30. The van der Waals surface area contributed by atoms with Gasteiger partial charge in [0.15, 0.2) is 0 Å². The van der Waals surface area contributed by atoms with Gasteiger partial charge in [0.1, 0.15) is 0 Å². The van der Waals surface area contributed by atoms with Crippen LogP contribution in [0.4, 0.5) is 5.69 Å². The van der Waals surface area contributed by atoms with Crippen molar-refractivity contribution in [1.29, 1.82) is 0 Å². The average molecular weight is 252 g/mol. The number of benzene rings is 1. The fraction of sp³-hybridized carbons (Fsp3) is 0.250. The summed E-state index contributed by atoms with van der Waals surface area (Å²) in [5.74, 6) is 0. The Labute approximate surface area is 112 Å². The molecule has 1 aromatic heterocycles. The number of carbonyl (C=O) groups excluding carboxylic acids is 1. The number of amides is 1. The van der Waals surface area contributed by atoms with E-state index in [4.69, 9.17) is 0 Å². The molecule has 0 spiro atoms. The van der Waals surface area contributed by atoms with E-state index in [2.05, 4.69) is 23.3 Å². The molecule has 1 aliphatic carbocycles. The first-order valence-corrected chi connectivity index (χ1v) is 6.49. The van der Waals surface area contributed by atoms with Crippen molar-refractivity contribution in [3.8, 4) is 11.3 Å². The number of anilines is 1. The van der Waals surface area contributed by atoms with E-state index in [1.807, 2.05) is 30.3 Å². The van der Waals surface area contributed by atoms with Crippen LogP contribution in [0.5, 0.6) is 0 Å². The van der Waals surface area contributed by atoms with Crippen molar-refractivity contribution in [3.63, 3.8) is 0 Å². The zero-order chi connectivity index (χ0) is 13.3. The Morgan fingerprint density at radius 3 is 2.74 bits per heavy atom. The molecule has 3 rings (SSSR count). The minimum Gasteiger partial charge on any atom is -0.329 e. The van der Waals surface area contributed by atoms with E-state index in [9.17, 15) is 4.79 Å². The molecule has 19 heavy (non-hydrogen) atoms. The van der Waals surface area contributed by atoms with Crippen molar-refractivity contribution in [1.82, 2.24) is 4.98 Å². The van der Waals surface area contributed by atoms with Crippen LogP contribution in [-0.2, 0) is 10.2 Å². The summed E-state index contributed by atoms with van der Waals surface area (Å²) in [6.45, 7) is 2.28. The molecule has 1 fully saturated rings. The Morgan fingerprint density at radius 1 is 1.26 bits per heavy atom. The summed E-state index contributed by atoms with van der Waals surface area (Å²) in [5.41, 5.74) is 4.48. The SMILES string of the molecule is CC1(c2ccc(NC=O)cc2-c2ccccn2)CC1. The predicted molar refractivity (Wildman–Crippen MR) is 75.9 cm³/mol. The van der Waals surface area contributed by atoms with Gasteiger partial charge in [0.25, 0.3) is 0 Å². The first kappa shape index (κ1) is 11.9. The van der Waals surface area contributed by atoms with E-state index in [1.165, 1.54) is 18.4 Å². The van der Waals surface area contributed by atoms with Crippen LogP contribution in [0, 0.1) is 0 Å². The van der Waals surface area contributed by atoms with Crippen molar-refractivity contribution < 1.29 is 4.79 Å². The quantitative estimate of drug-likeness (QED) is 0.848. The molecule has 3 nitrogen and oxygen atoms in total. The molecule has 0 unspecified atom stereocenters. The van der Waals surface area contributed by atoms with Gasteiger partial charge in [-0.25, -0.2) is 0 Å². The molecule has 2 aromatic rings. The predicted octanol–water partition coefficient (Wildman–Crippen LogP) is 3.37. The van der Waals surface area contributed by atoms with E-state index in [0.717, 1.165) is 16.9 Å². The highest BCUT2D eigenvalue weighted by molar-refractivity contribution is 5.77. The lowest BCUT2D eigenvalue weighted by Gasteiger charge is -2.16. The summed E-state index contributed by atoms with van der Waals surface area (Å²) in [6.07, 6.45) is 4.94. The highest BCUT2D eigenvalue weighted by Crippen LogP contribution is 2.50. The zero-order valence-corrected chi connectivity index (χ0v) is 10.9. The number of nitrogens with one attached hydrogen (secondary N) is 1. The van der Waals surface area contributed by atoms with Crippen LogP contribution in [0.3, 0.4) is 0 Å². The minimum absolute atomic E-state index is 0.270. The molecule has 1 amide bonds. The first-order chi connectivity index (χ1) is 9.23. The Bertz CT molecular complexity index is 603. The van der Waals surface area contributed by atoms with Gasteiger partial charge in [0.2, 0.25) is 6.41 Å². The van der Waals surface area contributed by atoms with Crippen LogP contribution < -0.4 is 5.32 Å². The van der Waals surface area contributed by atoms with Crippen molar-refractivity contribution in [2.24, 2.45) is 0 Å². The fourth-order valence-electron chi connectivity index (χ4n) is 2.42. The van der Waals surface area contributed by atoms with Gasteiger partial charge in [-0.1, -0.05) is 19.1 Å². The van der Waals surface area contributed by atoms with Crippen LogP contribution in [0.25, 0.3) is 11.3 Å². The number of hydrogen-bond acceptors (Lipinski definition) is 2. The monoisotopic (exact) mass is 252 g/mol. The summed E-state index contributed by atoms with van der Waals surface area (Å²) in [7, 11) is 0. The lowest BCUT2D eigenvalue weighted by Crippen LogP contribution is -2.04. The lowest BCUT2D eigenvalue weighted by molar-refractivity contribution is -0.105. The van der Waals surface area contributed by atoms with Crippen LogP contribution in [0.1, 0.15) is 25.3 Å². The van der Waals surface area contributed by atoms with E-state index in [-0.39, 0.29) is 5.41 Å². The number of rotatable bonds is 4. The Balaban J connectivity index is 2.13. The van der Waals surface area contributed by atoms with E-state index >= 15 is 0 Å². The normalized spacial score (nSPS) is 15.8. The Morgan fingerprint density at radius 2 is 2.11 bits per heavy atom. The standard InChI is InChI=1S/C16H16N2O/c1-16(7-8-16)14-6-5-12(18-11-19)10-13(14)15-4-2-3-9-17-15/h2-6,9-11H,7-8H2,1H3,(H,18,19). The van der Waals surface area contributed by atoms with Crippen molar-refractivity contribution in [2.75, 3.05) is 5.32 Å². The zero-order valence-electron chi connectivity index (χ0n) is 10.9. The smallest absolute Gasteiger partial charge is 0.211 e. The maximum atomic E-state index is 10.6. The maximum absolute atomic E-state index is 10.6. The first-order valence-electron chi connectivity index (χ1n) is 6.49. The molecular weight excluding hydrogens is 236 g/mol. The molecule has 0 radical (unpaired) electrons. The Hall–Kier alpha value is -2.16. The minimum atomic E-state index is 0.270. The number of carbonyl (C=O) groups is 1. The van der Waals surface area contributed by atoms with Gasteiger partial charge >= 0.3 is 0 Å². The maximum Gasteiger partial charge on any atom is 0.211 e. The highest BCUT2D eigenvalue weighted by Gasteiger charge is 2.40. The van der Waals surface area contributed by atoms with E-state index in [0.29, 0.717) is 6.41 Å². The lowest BCUT2D eigenvalue weighted by atomic mass is 9.91. The van der Waals surface area contributed by atoms with Crippen LogP contribution in [0.15, 0.2) is 42.6 Å². The van der Waals surface area contributed by atoms with Crippen molar-refractivity contribution >= 4 is 12.1 Å². The summed E-state index contributed by atoms with van der Waals surface area (Å²) >= 11 is 0. The van der Waals surface area contributed by atoms with Crippen molar-refractivity contribution in [2.45, 2.75) is 25.2 Å². The van der Waals surface area contributed by atoms with Gasteiger partial charge in [0, 0.05) is 17.4 Å². The second-order valence-electron chi connectivity index (χ2n) is 5.30. The molecule has 96 valence electrons. The third-order valence-electron chi connectivity index (χ3n) is 3.84. The van der Waals surface area contributed by atoms with Gasteiger partial charge in [-0.15, -0.1) is 0 Å². The fourth-order valence-corrected chi connectivity index (χ4v) is 2.42. The summed E-state index contributed by atoms with van der Waals surface area (Å²) < 4.78 is 0. The van der Waals surface area contributed by atoms with Crippen LogP contribution >= 0.6 is 0 Å². The number of aromatic nitrogens is 1. The van der Waals surface area contributed by atoms with E-state index < -0.39 is 0 Å². The van der Waals surface area contributed by atoms with E-state index in [1.54, 1.807) is 6.20 Å². The highest BCUT2D eigenvalue weighted by atomic mass is 16.1. The largest absolute Gasteiger partial charge is 0.329 e. The molecule has 1 N–H and O–H groups in total. The number of nitrogens with zero attached hydrogens (tertiary/aromatic N) is 1. The summed E-state index contributed by atoms with van der Waals surface area (Å²) in [5, 5.41) is 2.71. The van der Waals surface area contributed by atoms with Crippen LogP contribution in [-0.4, -0.2) is 11.4 Å². The number of pyridine rings is 1. The molecule has 3 heteroatoms. The molecule has 0 aliphatic heterocycles. The second kappa shape index (κ2) is 4.50. The van der Waals surface area contributed by atoms with Crippen LogP contribution in [0.2, 0.25) is 0 Å². The third-order valence-corrected chi connectivity index (χ3v) is 3.84. The summed E-state index contributed by atoms with van der Waals surface area (Å²) in [4.78, 5) is 15.0. The Kier molecular flexibility index (Phi) is 2.82. The molecular formula is C16H16N2O. The average Bonchev–Trinajstić information content (AvgIpc) is 3.19. The third kappa shape index (κ3) is 2.24. The van der Waals surface area contributed by atoms with Gasteiger partial charge in [-0.3, -0.25) is 9.78 Å². The van der Waals surface area contributed by atoms with Crippen molar-refractivity contribution in [3.05, 3.63) is 48.2 Å². The molecule has 1 aliphatic rings. The van der Waals surface area contributed by atoms with Gasteiger partial charge in [-0.2, -0.15) is 0 Å². The van der Waals surface area contributed by atoms with Gasteiger partial charge < -0.3 is 5.32 Å². The molecule has 1 saturated carbocycles. The molecule has 1 aromatic carbocycles. The number of hydrogen-bond donors (Lipinski definition) is 1. The van der Waals surface area contributed by atoms with Gasteiger partial charge in [-0.05, 0) is 48.1 Å². The molecule has 1 heterocycles. The molecule has 0 bridgehead atoms. The topological polar surface area (TPSA) is 42.0 Å². The van der Waals surface area contributed by atoms with Gasteiger partial charge in [0.05, 0.1) is 5.69 Å². The molecule has 0 atom stereocenters.